The second-order valence-corrected chi connectivity index (χ2v) is 7.20. The van der Waals surface area contributed by atoms with Gasteiger partial charge in [0.05, 0.1) is 17.8 Å². The number of nitro groups is 1. The van der Waals surface area contributed by atoms with Gasteiger partial charge in [-0.05, 0) is 36.9 Å². The van der Waals surface area contributed by atoms with E-state index in [1.807, 2.05) is 0 Å². The van der Waals surface area contributed by atoms with Crippen LogP contribution in [0.5, 0.6) is 5.75 Å². The Morgan fingerprint density at radius 3 is 2.81 bits per heavy atom. The van der Waals surface area contributed by atoms with Crippen molar-refractivity contribution in [1.82, 2.24) is 5.32 Å². The van der Waals surface area contributed by atoms with Crippen LogP contribution in [-0.2, 0) is 10.5 Å². The number of carbonyl (C=O) groups excluding carboxylic acids is 1. The Labute approximate surface area is 164 Å². The molecule has 1 aromatic carbocycles. The molecule has 2 unspecified atom stereocenters. The van der Waals surface area contributed by atoms with Crippen LogP contribution in [0.25, 0.3) is 0 Å². The predicted molar refractivity (Wildman–Crippen MR) is 106 cm³/mol. The molecule has 1 fully saturated rings. The number of hydrogen-bond donors (Lipinski definition) is 2. The Kier molecular flexibility index (Phi) is 9.75. The fraction of sp³-hybridized carbons (Fsp3) is 0.588. The summed E-state index contributed by atoms with van der Waals surface area (Å²) < 4.78 is 4.99. The summed E-state index contributed by atoms with van der Waals surface area (Å²) in [6.45, 7) is 0.605. The molecular formula is C17H26ClN3O4S. The Morgan fingerprint density at radius 2 is 2.15 bits per heavy atom. The number of thioether (sulfide) groups is 1. The summed E-state index contributed by atoms with van der Waals surface area (Å²) >= 11 is 1.44. The Balaban J connectivity index is 0.00000338. The molecule has 0 aromatic heterocycles. The largest absolute Gasteiger partial charge is 0.490 e. The van der Waals surface area contributed by atoms with Crippen LogP contribution in [0.4, 0.5) is 5.69 Å². The molecule has 0 radical (unpaired) electrons. The van der Waals surface area contributed by atoms with Crippen molar-refractivity contribution < 1.29 is 14.5 Å². The molecule has 1 aromatic rings. The molecule has 2 rings (SSSR count). The van der Waals surface area contributed by atoms with E-state index in [0.717, 1.165) is 24.8 Å². The van der Waals surface area contributed by atoms with Gasteiger partial charge in [0.15, 0.2) is 5.75 Å². The van der Waals surface area contributed by atoms with Crippen LogP contribution in [0.2, 0.25) is 0 Å². The number of halogens is 1. The van der Waals surface area contributed by atoms with Crippen LogP contribution >= 0.6 is 24.2 Å². The van der Waals surface area contributed by atoms with Crippen molar-refractivity contribution in [2.75, 3.05) is 19.4 Å². The lowest BCUT2D eigenvalue weighted by atomic mass is 9.84. The van der Waals surface area contributed by atoms with E-state index in [1.165, 1.54) is 31.4 Å². The molecule has 3 N–H and O–H groups in total. The average Bonchev–Trinajstić information content (AvgIpc) is 2.62. The lowest BCUT2D eigenvalue weighted by molar-refractivity contribution is -0.385. The van der Waals surface area contributed by atoms with Crippen LogP contribution in [0, 0.1) is 16.0 Å². The third-order valence-electron chi connectivity index (χ3n) is 4.50. The number of carbonyl (C=O) groups is 1. The van der Waals surface area contributed by atoms with Crippen LogP contribution in [0.3, 0.4) is 0 Å². The lowest BCUT2D eigenvalue weighted by Gasteiger charge is -2.31. The van der Waals surface area contributed by atoms with Gasteiger partial charge in [-0.3, -0.25) is 14.9 Å². The first-order valence-corrected chi connectivity index (χ1v) is 9.59. The first-order chi connectivity index (χ1) is 12.0. The minimum Gasteiger partial charge on any atom is -0.490 e. The van der Waals surface area contributed by atoms with Crippen molar-refractivity contribution in [2.24, 2.45) is 11.7 Å². The van der Waals surface area contributed by atoms with E-state index in [2.05, 4.69) is 5.32 Å². The Morgan fingerprint density at radius 1 is 1.42 bits per heavy atom. The van der Waals surface area contributed by atoms with Gasteiger partial charge in [0, 0.05) is 17.9 Å². The zero-order valence-corrected chi connectivity index (χ0v) is 16.4. The van der Waals surface area contributed by atoms with E-state index in [9.17, 15) is 14.9 Å². The second-order valence-electron chi connectivity index (χ2n) is 6.21. The summed E-state index contributed by atoms with van der Waals surface area (Å²) in [4.78, 5) is 22.7. The molecule has 0 aliphatic heterocycles. The summed E-state index contributed by atoms with van der Waals surface area (Å²) in [5.41, 5.74) is 6.52. The number of ether oxygens (including phenoxy) is 1. The van der Waals surface area contributed by atoms with Crippen molar-refractivity contribution in [3.8, 4) is 5.75 Å². The van der Waals surface area contributed by atoms with E-state index in [0.29, 0.717) is 24.0 Å². The maximum absolute atomic E-state index is 12.1. The minimum absolute atomic E-state index is 0. The van der Waals surface area contributed by atoms with Crippen molar-refractivity contribution in [3.05, 3.63) is 33.9 Å². The van der Waals surface area contributed by atoms with Gasteiger partial charge >= 0.3 is 5.69 Å². The number of benzene rings is 1. The molecule has 0 saturated heterocycles. The van der Waals surface area contributed by atoms with Gasteiger partial charge in [-0.1, -0.05) is 18.9 Å². The monoisotopic (exact) mass is 403 g/mol. The third-order valence-corrected chi connectivity index (χ3v) is 5.50. The summed E-state index contributed by atoms with van der Waals surface area (Å²) in [5, 5.41) is 14.1. The molecule has 2 atom stereocenters. The molecule has 1 amide bonds. The third kappa shape index (κ3) is 6.34. The number of nitrogens with one attached hydrogen (secondary N) is 1. The summed E-state index contributed by atoms with van der Waals surface area (Å²) in [7, 11) is 1.40. The highest BCUT2D eigenvalue weighted by atomic mass is 35.5. The zero-order valence-electron chi connectivity index (χ0n) is 14.8. The van der Waals surface area contributed by atoms with Gasteiger partial charge in [0.1, 0.15) is 0 Å². The molecule has 0 heterocycles. The van der Waals surface area contributed by atoms with Crippen molar-refractivity contribution >= 4 is 35.8 Å². The number of nitrogens with two attached hydrogens (primary N) is 1. The highest BCUT2D eigenvalue weighted by molar-refractivity contribution is 7.99. The second kappa shape index (κ2) is 11.3. The topological polar surface area (TPSA) is 107 Å². The van der Waals surface area contributed by atoms with Crippen molar-refractivity contribution in [1.29, 1.82) is 0 Å². The van der Waals surface area contributed by atoms with E-state index < -0.39 is 4.92 Å². The van der Waals surface area contributed by atoms with E-state index in [1.54, 1.807) is 12.1 Å². The summed E-state index contributed by atoms with van der Waals surface area (Å²) in [5.74, 6) is 1.46. The Hall–Kier alpha value is -1.51. The van der Waals surface area contributed by atoms with E-state index in [4.69, 9.17) is 10.5 Å². The van der Waals surface area contributed by atoms with Crippen molar-refractivity contribution in [3.63, 3.8) is 0 Å². The first-order valence-electron chi connectivity index (χ1n) is 8.43. The van der Waals surface area contributed by atoms with E-state index in [-0.39, 0.29) is 35.8 Å². The van der Waals surface area contributed by atoms with Gasteiger partial charge in [-0.25, -0.2) is 0 Å². The summed E-state index contributed by atoms with van der Waals surface area (Å²) in [6.07, 6.45) is 4.37. The van der Waals surface area contributed by atoms with Gasteiger partial charge in [-0.15, -0.1) is 24.2 Å². The van der Waals surface area contributed by atoms with Crippen LogP contribution in [0.15, 0.2) is 18.2 Å². The zero-order chi connectivity index (χ0) is 18.2. The maximum atomic E-state index is 12.1. The number of nitrogens with zero attached hydrogens (tertiary/aromatic N) is 1. The molecule has 1 aliphatic carbocycles. The van der Waals surface area contributed by atoms with Crippen LogP contribution < -0.4 is 15.8 Å². The predicted octanol–water partition coefficient (Wildman–Crippen LogP) is 2.89. The molecule has 0 spiro atoms. The van der Waals surface area contributed by atoms with Gasteiger partial charge < -0.3 is 15.8 Å². The minimum atomic E-state index is -0.463. The van der Waals surface area contributed by atoms with Crippen LogP contribution in [0.1, 0.15) is 31.2 Å². The molecule has 1 aliphatic rings. The average molecular weight is 404 g/mol. The normalized spacial score (nSPS) is 19.3. The molecular weight excluding hydrogens is 378 g/mol. The molecule has 9 heteroatoms. The van der Waals surface area contributed by atoms with Gasteiger partial charge in [0.2, 0.25) is 5.91 Å². The smallest absolute Gasteiger partial charge is 0.311 e. The first kappa shape index (κ1) is 22.5. The number of nitro benzene ring substituents is 1. The van der Waals surface area contributed by atoms with Crippen LogP contribution in [-0.4, -0.2) is 36.3 Å². The number of rotatable bonds is 8. The fourth-order valence-electron chi connectivity index (χ4n) is 3.16. The number of hydrogen-bond acceptors (Lipinski definition) is 6. The highest BCUT2D eigenvalue weighted by Gasteiger charge is 2.25. The molecule has 0 bridgehead atoms. The quantitative estimate of drug-likeness (QED) is 0.510. The fourth-order valence-corrected chi connectivity index (χ4v) is 3.94. The molecule has 26 heavy (non-hydrogen) atoms. The molecule has 146 valence electrons. The van der Waals surface area contributed by atoms with E-state index >= 15 is 0 Å². The molecule has 7 nitrogen and oxygen atoms in total. The molecule has 1 saturated carbocycles. The number of amides is 1. The SMILES string of the molecule is COc1ccc(CSCC(=O)NC2CCCCC2CN)cc1[N+](=O)[O-].Cl. The Bertz CT molecular complexity index is 618. The summed E-state index contributed by atoms with van der Waals surface area (Å²) in [6, 6.07) is 5.04. The number of methoxy groups -OCH3 is 1. The lowest BCUT2D eigenvalue weighted by Crippen LogP contribution is -2.45. The standard InChI is InChI=1S/C17H25N3O4S.ClH/c1-24-16-7-6-12(8-15(16)20(22)23)10-25-11-17(21)19-14-5-3-2-4-13(14)9-18;/h6-8,13-14H,2-5,9-11,18H2,1H3,(H,19,21);1H. The van der Waals surface area contributed by atoms with Gasteiger partial charge in [0.25, 0.3) is 0 Å². The van der Waals surface area contributed by atoms with Gasteiger partial charge in [-0.2, -0.15) is 0 Å². The highest BCUT2D eigenvalue weighted by Crippen LogP contribution is 2.29. The maximum Gasteiger partial charge on any atom is 0.311 e. The van der Waals surface area contributed by atoms with Crippen molar-refractivity contribution in [2.45, 2.75) is 37.5 Å².